The monoisotopic (exact) mass is 376 g/mol. The predicted octanol–water partition coefficient (Wildman–Crippen LogP) is 3.05. The molecule has 1 aromatic carbocycles. The summed E-state index contributed by atoms with van der Waals surface area (Å²) >= 11 is 6.04. The van der Waals surface area contributed by atoms with E-state index in [1.807, 2.05) is 20.8 Å². The zero-order chi connectivity index (χ0) is 18.5. The molecule has 0 heterocycles. The standard InChI is InChI=1S/C16H25ClN2O4S/c1-6-12(3)19(24(5,21)22)8-7-16(20)18-14-9-11(2)13(17)10-15(14)23-4/h9-10,12H,6-8H2,1-5H3,(H,18,20). The number of carbonyl (C=O) groups is 1. The minimum Gasteiger partial charge on any atom is -0.495 e. The number of hydrogen-bond acceptors (Lipinski definition) is 4. The van der Waals surface area contributed by atoms with E-state index in [9.17, 15) is 13.2 Å². The van der Waals surface area contributed by atoms with Crippen molar-refractivity contribution in [3.8, 4) is 5.75 Å². The summed E-state index contributed by atoms with van der Waals surface area (Å²) in [6.45, 7) is 5.69. The predicted molar refractivity (Wildman–Crippen MR) is 97.3 cm³/mol. The number of nitrogens with one attached hydrogen (secondary N) is 1. The number of methoxy groups -OCH3 is 1. The number of sulfonamides is 1. The molecule has 0 aromatic heterocycles. The first-order valence-corrected chi connectivity index (χ1v) is 9.93. The van der Waals surface area contributed by atoms with Gasteiger partial charge in [0.25, 0.3) is 0 Å². The summed E-state index contributed by atoms with van der Waals surface area (Å²) in [5.74, 6) is 0.174. The van der Waals surface area contributed by atoms with Crippen LogP contribution in [0.1, 0.15) is 32.3 Å². The fraction of sp³-hybridized carbons (Fsp3) is 0.562. The van der Waals surface area contributed by atoms with Crippen LogP contribution in [0.4, 0.5) is 5.69 Å². The number of anilines is 1. The lowest BCUT2D eigenvalue weighted by Crippen LogP contribution is -2.39. The van der Waals surface area contributed by atoms with Gasteiger partial charge in [-0.1, -0.05) is 18.5 Å². The highest BCUT2D eigenvalue weighted by molar-refractivity contribution is 7.88. The van der Waals surface area contributed by atoms with Gasteiger partial charge in [-0.15, -0.1) is 0 Å². The van der Waals surface area contributed by atoms with E-state index < -0.39 is 10.0 Å². The Morgan fingerprint density at radius 1 is 1.42 bits per heavy atom. The van der Waals surface area contributed by atoms with Gasteiger partial charge in [0, 0.05) is 30.1 Å². The Labute approximate surface area is 149 Å². The molecule has 0 spiro atoms. The Morgan fingerprint density at radius 3 is 2.54 bits per heavy atom. The summed E-state index contributed by atoms with van der Waals surface area (Å²) in [7, 11) is -1.87. The van der Waals surface area contributed by atoms with E-state index >= 15 is 0 Å². The van der Waals surface area contributed by atoms with Crippen molar-refractivity contribution in [3.63, 3.8) is 0 Å². The van der Waals surface area contributed by atoms with Crippen LogP contribution in [0, 0.1) is 6.92 Å². The maximum Gasteiger partial charge on any atom is 0.225 e. The summed E-state index contributed by atoms with van der Waals surface area (Å²) in [4.78, 5) is 12.2. The molecule has 1 amide bonds. The van der Waals surface area contributed by atoms with Crippen molar-refractivity contribution in [1.82, 2.24) is 4.31 Å². The van der Waals surface area contributed by atoms with E-state index in [4.69, 9.17) is 16.3 Å². The molecule has 0 aliphatic carbocycles. The number of ether oxygens (including phenoxy) is 1. The summed E-state index contributed by atoms with van der Waals surface area (Å²) < 4.78 is 30.2. The fourth-order valence-electron chi connectivity index (χ4n) is 2.27. The minimum absolute atomic E-state index is 0.0578. The van der Waals surface area contributed by atoms with Crippen LogP contribution in [-0.4, -0.2) is 44.6 Å². The largest absolute Gasteiger partial charge is 0.495 e. The number of halogens is 1. The topological polar surface area (TPSA) is 75.7 Å². The van der Waals surface area contributed by atoms with Crippen molar-refractivity contribution < 1.29 is 17.9 Å². The third kappa shape index (κ3) is 5.65. The Balaban J connectivity index is 2.81. The first kappa shape index (κ1) is 20.7. The van der Waals surface area contributed by atoms with E-state index in [-0.39, 0.29) is 24.9 Å². The highest BCUT2D eigenvalue weighted by Gasteiger charge is 2.23. The summed E-state index contributed by atoms with van der Waals surface area (Å²) in [5, 5.41) is 3.30. The number of benzene rings is 1. The zero-order valence-corrected chi connectivity index (χ0v) is 16.3. The van der Waals surface area contributed by atoms with Gasteiger partial charge >= 0.3 is 0 Å². The molecule has 0 saturated carbocycles. The Kier molecular flexibility index (Phi) is 7.51. The van der Waals surface area contributed by atoms with Gasteiger partial charge in [0.2, 0.25) is 15.9 Å². The van der Waals surface area contributed by atoms with Gasteiger partial charge in [-0.25, -0.2) is 8.42 Å². The van der Waals surface area contributed by atoms with Crippen LogP contribution in [0.5, 0.6) is 5.75 Å². The molecule has 1 rings (SSSR count). The fourth-order valence-corrected chi connectivity index (χ4v) is 3.65. The third-order valence-electron chi connectivity index (χ3n) is 3.82. The van der Waals surface area contributed by atoms with Crippen molar-refractivity contribution in [1.29, 1.82) is 0 Å². The van der Waals surface area contributed by atoms with Gasteiger partial charge < -0.3 is 10.1 Å². The average molecular weight is 377 g/mol. The Morgan fingerprint density at radius 2 is 2.04 bits per heavy atom. The number of carbonyl (C=O) groups excluding carboxylic acids is 1. The van der Waals surface area contributed by atoms with E-state index in [1.165, 1.54) is 11.4 Å². The van der Waals surface area contributed by atoms with E-state index in [0.717, 1.165) is 11.8 Å². The summed E-state index contributed by atoms with van der Waals surface area (Å²) in [5.41, 5.74) is 1.32. The lowest BCUT2D eigenvalue weighted by Gasteiger charge is -2.25. The van der Waals surface area contributed by atoms with Crippen LogP contribution in [0.25, 0.3) is 0 Å². The van der Waals surface area contributed by atoms with Gasteiger partial charge in [-0.05, 0) is 31.9 Å². The molecule has 1 aromatic rings. The molecule has 0 aliphatic rings. The van der Waals surface area contributed by atoms with Gasteiger partial charge in [-0.3, -0.25) is 4.79 Å². The summed E-state index contributed by atoms with van der Waals surface area (Å²) in [6, 6.07) is 3.20. The third-order valence-corrected chi connectivity index (χ3v) is 5.62. The minimum atomic E-state index is -3.36. The highest BCUT2D eigenvalue weighted by Crippen LogP contribution is 2.31. The molecular weight excluding hydrogens is 352 g/mol. The quantitative estimate of drug-likeness (QED) is 0.756. The second-order valence-corrected chi connectivity index (χ2v) is 8.07. The number of amides is 1. The molecule has 6 nitrogen and oxygen atoms in total. The van der Waals surface area contributed by atoms with Crippen molar-refractivity contribution in [2.24, 2.45) is 0 Å². The van der Waals surface area contributed by atoms with Crippen molar-refractivity contribution >= 4 is 33.2 Å². The van der Waals surface area contributed by atoms with E-state index in [0.29, 0.717) is 22.9 Å². The molecule has 0 saturated heterocycles. The molecule has 1 atom stereocenters. The average Bonchev–Trinajstić information content (AvgIpc) is 2.49. The molecule has 0 radical (unpaired) electrons. The Hall–Kier alpha value is -1.31. The highest BCUT2D eigenvalue weighted by atomic mass is 35.5. The number of hydrogen-bond donors (Lipinski definition) is 1. The lowest BCUT2D eigenvalue weighted by molar-refractivity contribution is -0.116. The van der Waals surface area contributed by atoms with Crippen molar-refractivity contribution in [2.45, 2.75) is 39.7 Å². The smallest absolute Gasteiger partial charge is 0.225 e. The van der Waals surface area contributed by atoms with Gasteiger partial charge in [0.05, 0.1) is 19.1 Å². The van der Waals surface area contributed by atoms with E-state index in [2.05, 4.69) is 5.32 Å². The van der Waals surface area contributed by atoms with Crippen LogP contribution in [-0.2, 0) is 14.8 Å². The van der Waals surface area contributed by atoms with Gasteiger partial charge in [0.1, 0.15) is 5.75 Å². The molecular formula is C16H25ClN2O4S. The number of aryl methyl sites for hydroxylation is 1. The SMILES string of the molecule is CCC(C)N(CCC(=O)Nc1cc(C)c(Cl)cc1OC)S(C)(=O)=O. The molecule has 136 valence electrons. The molecule has 8 heteroatoms. The normalized spacial score (nSPS) is 13.0. The summed E-state index contributed by atoms with van der Waals surface area (Å²) in [6.07, 6.45) is 1.89. The molecule has 24 heavy (non-hydrogen) atoms. The first-order chi connectivity index (χ1) is 11.1. The molecule has 1 unspecified atom stereocenters. The van der Waals surface area contributed by atoms with Crippen LogP contribution in [0.15, 0.2) is 12.1 Å². The number of nitrogens with zero attached hydrogens (tertiary/aromatic N) is 1. The van der Waals surface area contributed by atoms with Crippen LogP contribution >= 0.6 is 11.6 Å². The van der Waals surface area contributed by atoms with E-state index in [1.54, 1.807) is 12.1 Å². The molecule has 1 N–H and O–H groups in total. The lowest BCUT2D eigenvalue weighted by atomic mass is 10.2. The maximum absolute atomic E-state index is 12.2. The maximum atomic E-state index is 12.2. The Bertz CT molecular complexity index is 692. The number of rotatable bonds is 8. The van der Waals surface area contributed by atoms with Crippen molar-refractivity contribution in [3.05, 3.63) is 22.7 Å². The second kappa shape index (κ2) is 8.69. The van der Waals surface area contributed by atoms with Crippen LogP contribution in [0.2, 0.25) is 5.02 Å². The van der Waals surface area contributed by atoms with Gasteiger partial charge in [-0.2, -0.15) is 4.31 Å². The first-order valence-electron chi connectivity index (χ1n) is 7.71. The second-order valence-electron chi connectivity index (χ2n) is 5.73. The van der Waals surface area contributed by atoms with Crippen LogP contribution in [0.3, 0.4) is 0 Å². The van der Waals surface area contributed by atoms with Crippen molar-refractivity contribution in [2.75, 3.05) is 25.2 Å². The van der Waals surface area contributed by atoms with Gasteiger partial charge in [0.15, 0.2) is 0 Å². The van der Waals surface area contributed by atoms with Crippen LogP contribution < -0.4 is 10.1 Å². The molecule has 0 bridgehead atoms. The zero-order valence-electron chi connectivity index (χ0n) is 14.7. The molecule has 0 aliphatic heterocycles. The molecule has 0 fully saturated rings.